The van der Waals surface area contributed by atoms with Crippen molar-refractivity contribution < 1.29 is 14.7 Å². The molecule has 0 saturated heterocycles. The van der Waals surface area contributed by atoms with Crippen LogP contribution < -0.4 is 5.32 Å². The minimum atomic E-state index is -0.989. The number of carbonyl (C=O) groups excluding carboxylic acids is 1. The number of rotatable bonds is 3. The van der Waals surface area contributed by atoms with Gasteiger partial charge in [-0.05, 0) is 31.0 Å². The van der Waals surface area contributed by atoms with Gasteiger partial charge in [-0.15, -0.1) is 0 Å². The number of benzene rings is 1. The Balaban J connectivity index is 2.19. The van der Waals surface area contributed by atoms with Gasteiger partial charge in [-0.3, -0.25) is 9.59 Å². The molecule has 1 aromatic rings. The molecule has 0 saturated carbocycles. The number of nitriles is 1. The number of amides is 1. The zero-order chi connectivity index (χ0) is 15.4. The lowest BCUT2D eigenvalue weighted by molar-refractivity contribution is -0.146. The van der Waals surface area contributed by atoms with Crippen LogP contribution in [0.5, 0.6) is 0 Å². The standard InChI is InChI=1S/C15H13ClN2O3/c16-12-6-5-9(8-17)7-13(12)18-14(19)10-3-1-2-4-11(10)15(20)21/h1-2,5-7,10-11H,3-4H2,(H,18,19)(H,20,21). The molecule has 1 aliphatic rings. The van der Waals surface area contributed by atoms with Crippen molar-refractivity contribution in [3.8, 4) is 6.07 Å². The van der Waals surface area contributed by atoms with E-state index in [1.54, 1.807) is 18.2 Å². The minimum Gasteiger partial charge on any atom is -0.481 e. The summed E-state index contributed by atoms with van der Waals surface area (Å²) in [6.07, 6.45) is 4.28. The lowest BCUT2D eigenvalue weighted by Crippen LogP contribution is -2.34. The molecular weight excluding hydrogens is 292 g/mol. The monoisotopic (exact) mass is 304 g/mol. The molecule has 0 aliphatic heterocycles. The van der Waals surface area contributed by atoms with Crippen molar-refractivity contribution in [1.29, 1.82) is 5.26 Å². The Kier molecular flexibility index (Phi) is 4.61. The summed E-state index contributed by atoms with van der Waals surface area (Å²) >= 11 is 5.98. The Morgan fingerprint density at radius 1 is 1.29 bits per heavy atom. The number of aliphatic carboxylic acids is 1. The third-order valence-electron chi connectivity index (χ3n) is 3.44. The largest absolute Gasteiger partial charge is 0.481 e. The van der Waals surface area contributed by atoms with Gasteiger partial charge < -0.3 is 10.4 Å². The van der Waals surface area contributed by atoms with Crippen LogP contribution in [0.3, 0.4) is 0 Å². The molecule has 1 amide bonds. The molecule has 1 aromatic carbocycles. The summed E-state index contributed by atoms with van der Waals surface area (Å²) in [6.45, 7) is 0. The maximum absolute atomic E-state index is 12.3. The summed E-state index contributed by atoms with van der Waals surface area (Å²) in [4.78, 5) is 23.5. The number of allylic oxidation sites excluding steroid dienone is 2. The van der Waals surface area contributed by atoms with Crippen molar-refractivity contribution >= 4 is 29.2 Å². The Morgan fingerprint density at radius 3 is 2.57 bits per heavy atom. The van der Waals surface area contributed by atoms with Crippen LogP contribution in [0.2, 0.25) is 5.02 Å². The molecule has 0 radical (unpaired) electrons. The number of carbonyl (C=O) groups is 2. The van der Waals surface area contributed by atoms with E-state index >= 15 is 0 Å². The van der Waals surface area contributed by atoms with Gasteiger partial charge in [0.15, 0.2) is 0 Å². The molecule has 2 unspecified atom stereocenters. The molecule has 2 N–H and O–H groups in total. The lowest BCUT2D eigenvalue weighted by atomic mass is 9.82. The molecule has 0 bridgehead atoms. The summed E-state index contributed by atoms with van der Waals surface area (Å²) < 4.78 is 0. The van der Waals surface area contributed by atoms with Crippen LogP contribution in [-0.2, 0) is 9.59 Å². The summed E-state index contributed by atoms with van der Waals surface area (Å²) in [5.41, 5.74) is 0.687. The second-order valence-corrected chi connectivity index (χ2v) is 5.20. The van der Waals surface area contributed by atoms with Crippen molar-refractivity contribution in [2.24, 2.45) is 11.8 Å². The fourth-order valence-corrected chi connectivity index (χ4v) is 2.46. The maximum atomic E-state index is 12.3. The molecule has 2 atom stereocenters. The number of hydrogen-bond donors (Lipinski definition) is 2. The molecule has 1 aliphatic carbocycles. The smallest absolute Gasteiger partial charge is 0.307 e. The van der Waals surface area contributed by atoms with Gasteiger partial charge in [0.2, 0.25) is 5.91 Å². The van der Waals surface area contributed by atoms with Gasteiger partial charge in [0.1, 0.15) is 0 Å². The van der Waals surface area contributed by atoms with E-state index in [4.69, 9.17) is 16.9 Å². The first-order chi connectivity index (χ1) is 10.0. The number of anilines is 1. The molecule has 0 fully saturated rings. The highest BCUT2D eigenvalue weighted by Gasteiger charge is 2.34. The summed E-state index contributed by atoms with van der Waals surface area (Å²) in [5.74, 6) is -2.78. The third-order valence-corrected chi connectivity index (χ3v) is 3.77. The van der Waals surface area contributed by atoms with E-state index in [1.807, 2.05) is 6.07 Å². The van der Waals surface area contributed by atoms with E-state index in [1.165, 1.54) is 12.1 Å². The van der Waals surface area contributed by atoms with E-state index in [0.717, 1.165) is 0 Å². The Bertz CT molecular complexity index is 649. The van der Waals surface area contributed by atoms with Gasteiger partial charge in [-0.1, -0.05) is 23.8 Å². The number of carboxylic acid groups (broad SMARTS) is 1. The maximum Gasteiger partial charge on any atom is 0.307 e. The van der Waals surface area contributed by atoms with Gasteiger partial charge in [-0.25, -0.2) is 0 Å². The molecular formula is C15H13ClN2O3. The van der Waals surface area contributed by atoms with E-state index in [9.17, 15) is 14.7 Å². The second kappa shape index (κ2) is 6.42. The van der Waals surface area contributed by atoms with Crippen LogP contribution >= 0.6 is 11.6 Å². The van der Waals surface area contributed by atoms with Gasteiger partial charge >= 0.3 is 5.97 Å². The first-order valence-electron chi connectivity index (χ1n) is 6.41. The Labute approximate surface area is 126 Å². The van der Waals surface area contributed by atoms with Crippen molar-refractivity contribution in [2.45, 2.75) is 12.8 Å². The fourth-order valence-electron chi connectivity index (χ4n) is 2.29. The number of nitrogens with one attached hydrogen (secondary N) is 1. The highest BCUT2D eigenvalue weighted by Crippen LogP contribution is 2.29. The zero-order valence-corrected chi connectivity index (χ0v) is 11.8. The van der Waals surface area contributed by atoms with Crippen molar-refractivity contribution in [3.05, 3.63) is 40.9 Å². The molecule has 6 heteroatoms. The van der Waals surface area contributed by atoms with Gasteiger partial charge in [0.25, 0.3) is 0 Å². The SMILES string of the molecule is N#Cc1ccc(Cl)c(NC(=O)C2CC=CCC2C(=O)O)c1. The topological polar surface area (TPSA) is 90.2 Å². The highest BCUT2D eigenvalue weighted by molar-refractivity contribution is 6.33. The number of hydrogen-bond acceptors (Lipinski definition) is 3. The molecule has 108 valence electrons. The van der Waals surface area contributed by atoms with E-state index < -0.39 is 23.7 Å². The van der Waals surface area contributed by atoms with Crippen LogP contribution in [-0.4, -0.2) is 17.0 Å². The predicted molar refractivity (Wildman–Crippen MR) is 77.8 cm³/mol. The molecule has 5 nitrogen and oxygen atoms in total. The van der Waals surface area contributed by atoms with Crippen molar-refractivity contribution in [3.63, 3.8) is 0 Å². The number of nitrogens with zero attached hydrogens (tertiary/aromatic N) is 1. The average Bonchev–Trinajstić information content (AvgIpc) is 2.49. The number of halogens is 1. The summed E-state index contributed by atoms with van der Waals surface area (Å²) in [7, 11) is 0. The number of carboxylic acids is 1. The molecule has 0 heterocycles. The van der Waals surface area contributed by atoms with Crippen LogP contribution in [0.4, 0.5) is 5.69 Å². The predicted octanol–water partition coefficient (Wildman–Crippen LogP) is 2.82. The van der Waals surface area contributed by atoms with E-state index in [2.05, 4.69) is 5.32 Å². The van der Waals surface area contributed by atoms with Gasteiger partial charge in [0.05, 0.1) is 34.2 Å². The highest BCUT2D eigenvalue weighted by atomic mass is 35.5. The average molecular weight is 305 g/mol. The Hall–Kier alpha value is -2.32. The van der Waals surface area contributed by atoms with Crippen LogP contribution in [0, 0.1) is 23.2 Å². The minimum absolute atomic E-state index is 0.306. The fraction of sp³-hybridized carbons (Fsp3) is 0.267. The van der Waals surface area contributed by atoms with Crippen molar-refractivity contribution in [1.82, 2.24) is 0 Å². The van der Waals surface area contributed by atoms with E-state index in [0.29, 0.717) is 29.1 Å². The normalized spacial score (nSPS) is 20.6. The zero-order valence-electron chi connectivity index (χ0n) is 11.0. The quantitative estimate of drug-likeness (QED) is 0.840. The third kappa shape index (κ3) is 3.41. The molecule has 0 spiro atoms. The molecule has 21 heavy (non-hydrogen) atoms. The second-order valence-electron chi connectivity index (χ2n) is 4.79. The molecule has 2 rings (SSSR count). The van der Waals surface area contributed by atoms with Gasteiger partial charge in [0, 0.05) is 0 Å². The first kappa shape index (κ1) is 15.1. The van der Waals surface area contributed by atoms with Crippen molar-refractivity contribution in [2.75, 3.05) is 5.32 Å². The summed E-state index contributed by atoms with van der Waals surface area (Å²) in [5, 5.41) is 21.0. The Morgan fingerprint density at radius 2 is 1.95 bits per heavy atom. The summed E-state index contributed by atoms with van der Waals surface area (Å²) in [6, 6.07) is 6.49. The van der Waals surface area contributed by atoms with Gasteiger partial charge in [-0.2, -0.15) is 5.26 Å². The van der Waals surface area contributed by atoms with Crippen LogP contribution in [0.25, 0.3) is 0 Å². The first-order valence-corrected chi connectivity index (χ1v) is 6.79. The molecule has 0 aromatic heterocycles. The van der Waals surface area contributed by atoms with Crippen LogP contribution in [0.1, 0.15) is 18.4 Å². The van der Waals surface area contributed by atoms with Crippen LogP contribution in [0.15, 0.2) is 30.4 Å². The van der Waals surface area contributed by atoms with E-state index in [-0.39, 0.29) is 0 Å². The lowest BCUT2D eigenvalue weighted by Gasteiger charge is -2.24.